The highest BCUT2D eigenvalue weighted by Crippen LogP contribution is 2.40. The lowest BCUT2D eigenvalue weighted by Crippen LogP contribution is -2.59. The van der Waals surface area contributed by atoms with Gasteiger partial charge in [0.15, 0.2) is 0 Å². The van der Waals surface area contributed by atoms with Crippen LogP contribution < -0.4 is 10.6 Å². The second-order valence-corrected chi connectivity index (χ2v) is 6.94. The Labute approximate surface area is 121 Å². The van der Waals surface area contributed by atoms with Gasteiger partial charge in [-0.15, -0.1) is 10.2 Å². The molecule has 2 saturated heterocycles. The van der Waals surface area contributed by atoms with Gasteiger partial charge in [-0.3, -0.25) is 0 Å². The lowest BCUT2D eigenvalue weighted by atomic mass is 9.77. The van der Waals surface area contributed by atoms with E-state index in [0.717, 1.165) is 31.1 Å². The van der Waals surface area contributed by atoms with Gasteiger partial charge in [0.25, 0.3) is 0 Å². The van der Waals surface area contributed by atoms with Crippen LogP contribution in [0.25, 0.3) is 0 Å². The molecule has 0 amide bonds. The summed E-state index contributed by atoms with van der Waals surface area (Å²) in [5, 5.41) is 29.2. The fourth-order valence-corrected chi connectivity index (χ4v) is 3.70. The van der Waals surface area contributed by atoms with Crippen LogP contribution in [0.15, 0.2) is 0 Å². The van der Waals surface area contributed by atoms with Crippen molar-refractivity contribution in [3.05, 3.63) is 0 Å². The first-order chi connectivity index (χ1) is 9.40. The summed E-state index contributed by atoms with van der Waals surface area (Å²) in [6.07, 6.45) is 1.26. The van der Waals surface area contributed by atoms with Gasteiger partial charge < -0.3 is 25.6 Å². The Hall–Kier alpha value is -0.960. The van der Waals surface area contributed by atoms with E-state index in [4.69, 9.17) is 10.5 Å². The zero-order valence-corrected chi connectivity index (χ0v) is 12.3. The molecule has 1 aromatic heterocycles. The molecule has 3 rings (SSSR count). The summed E-state index contributed by atoms with van der Waals surface area (Å²) in [6, 6.07) is 0. The Morgan fingerprint density at radius 1 is 1.40 bits per heavy atom. The van der Waals surface area contributed by atoms with Gasteiger partial charge in [-0.1, -0.05) is 11.3 Å². The Morgan fingerprint density at radius 2 is 2.10 bits per heavy atom. The van der Waals surface area contributed by atoms with Crippen molar-refractivity contribution in [3.63, 3.8) is 0 Å². The van der Waals surface area contributed by atoms with Gasteiger partial charge in [0.05, 0.1) is 17.8 Å². The summed E-state index contributed by atoms with van der Waals surface area (Å²) in [7, 11) is 0. The second-order valence-electron chi connectivity index (χ2n) is 5.95. The molecule has 2 aliphatic heterocycles. The number of aliphatic hydroxyl groups excluding tert-OH is 1. The van der Waals surface area contributed by atoms with Crippen molar-refractivity contribution in [3.8, 4) is 0 Å². The van der Waals surface area contributed by atoms with Crippen molar-refractivity contribution in [2.75, 3.05) is 30.3 Å². The summed E-state index contributed by atoms with van der Waals surface area (Å²) < 4.78 is 5.85. The highest BCUT2D eigenvalue weighted by molar-refractivity contribution is 7.18. The third-order valence-corrected chi connectivity index (χ3v) is 5.13. The third kappa shape index (κ3) is 2.48. The predicted molar refractivity (Wildman–Crippen MR) is 75.7 cm³/mol. The standard InChI is InChI=1S/C12H20N4O3S/c1-11(18)7-12(19-6-8(11)17)2-4-16(5-3-12)10-15-14-9(13)20-10/h8,17-18H,2-7H2,1H3,(H2,13,14)/t8-,11-/m0/s1. The smallest absolute Gasteiger partial charge is 0.209 e. The molecular weight excluding hydrogens is 280 g/mol. The molecule has 4 N–H and O–H groups in total. The Morgan fingerprint density at radius 3 is 2.65 bits per heavy atom. The summed E-state index contributed by atoms with van der Waals surface area (Å²) in [6.45, 7) is 3.46. The van der Waals surface area contributed by atoms with E-state index in [1.54, 1.807) is 6.92 Å². The minimum Gasteiger partial charge on any atom is -0.388 e. The van der Waals surface area contributed by atoms with Crippen LogP contribution in [0.4, 0.5) is 10.3 Å². The van der Waals surface area contributed by atoms with E-state index in [-0.39, 0.29) is 12.2 Å². The van der Waals surface area contributed by atoms with E-state index < -0.39 is 11.7 Å². The van der Waals surface area contributed by atoms with Gasteiger partial charge >= 0.3 is 0 Å². The number of nitrogens with zero attached hydrogens (tertiary/aromatic N) is 3. The molecule has 0 saturated carbocycles. The molecule has 0 aliphatic carbocycles. The first-order valence-electron chi connectivity index (χ1n) is 6.79. The molecule has 0 radical (unpaired) electrons. The minimum atomic E-state index is -1.08. The van der Waals surface area contributed by atoms with E-state index in [0.29, 0.717) is 11.6 Å². The summed E-state index contributed by atoms with van der Waals surface area (Å²) in [5.74, 6) is 0. The molecule has 0 unspecified atom stereocenters. The molecule has 8 heteroatoms. The minimum absolute atomic E-state index is 0.193. The van der Waals surface area contributed by atoms with E-state index in [2.05, 4.69) is 15.1 Å². The molecule has 1 aromatic rings. The van der Waals surface area contributed by atoms with Crippen molar-refractivity contribution in [1.29, 1.82) is 0 Å². The molecule has 3 heterocycles. The summed E-state index contributed by atoms with van der Waals surface area (Å²) in [4.78, 5) is 2.14. The number of anilines is 2. The van der Waals surface area contributed by atoms with Crippen molar-refractivity contribution < 1.29 is 14.9 Å². The second kappa shape index (κ2) is 4.80. The van der Waals surface area contributed by atoms with Gasteiger partial charge in [-0.25, -0.2) is 0 Å². The monoisotopic (exact) mass is 300 g/mol. The largest absolute Gasteiger partial charge is 0.388 e. The van der Waals surface area contributed by atoms with Crippen LogP contribution >= 0.6 is 11.3 Å². The molecule has 7 nitrogen and oxygen atoms in total. The number of ether oxygens (including phenoxy) is 1. The topological polar surface area (TPSA) is 105 Å². The molecular formula is C12H20N4O3S. The number of aliphatic hydroxyl groups is 2. The lowest BCUT2D eigenvalue weighted by Gasteiger charge is -2.49. The normalized spacial score (nSPS) is 33.5. The van der Waals surface area contributed by atoms with Crippen LogP contribution in [-0.4, -0.2) is 57.4 Å². The van der Waals surface area contributed by atoms with Gasteiger partial charge in [0.2, 0.25) is 10.3 Å². The fraction of sp³-hybridized carbons (Fsp3) is 0.833. The predicted octanol–water partition coefficient (Wildman–Crippen LogP) is -0.00850. The van der Waals surface area contributed by atoms with Gasteiger partial charge in [-0.05, 0) is 19.8 Å². The number of nitrogen functional groups attached to an aromatic ring is 1. The maximum Gasteiger partial charge on any atom is 0.209 e. The zero-order chi connectivity index (χ0) is 14.4. The quantitative estimate of drug-likeness (QED) is 0.670. The van der Waals surface area contributed by atoms with Crippen LogP contribution in [0.5, 0.6) is 0 Å². The van der Waals surface area contributed by atoms with Crippen LogP contribution in [0.1, 0.15) is 26.2 Å². The van der Waals surface area contributed by atoms with Crippen LogP contribution in [0, 0.1) is 0 Å². The zero-order valence-electron chi connectivity index (χ0n) is 11.4. The first kappa shape index (κ1) is 14.0. The van der Waals surface area contributed by atoms with Crippen LogP contribution in [0.2, 0.25) is 0 Å². The Kier molecular flexibility index (Phi) is 3.36. The van der Waals surface area contributed by atoms with Crippen molar-refractivity contribution in [1.82, 2.24) is 10.2 Å². The molecule has 20 heavy (non-hydrogen) atoms. The molecule has 0 aromatic carbocycles. The summed E-state index contributed by atoms with van der Waals surface area (Å²) in [5.41, 5.74) is 4.19. The lowest BCUT2D eigenvalue weighted by molar-refractivity contribution is -0.216. The van der Waals surface area contributed by atoms with E-state index in [9.17, 15) is 10.2 Å². The summed E-state index contributed by atoms with van der Waals surface area (Å²) >= 11 is 1.38. The SMILES string of the molecule is C[C@]1(O)CC2(CCN(c3nnc(N)s3)CC2)OC[C@@H]1O. The van der Waals surface area contributed by atoms with Gasteiger partial charge in [-0.2, -0.15) is 0 Å². The van der Waals surface area contributed by atoms with Crippen molar-refractivity contribution in [2.45, 2.75) is 43.5 Å². The average molecular weight is 300 g/mol. The van der Waals surface area contributed by atoms with Gasteiger partial charge in [0, 0.05) is 19.5 Å². The molecule has 2 aliphatic rings. The van der Waals surface area contributed by atoms with Crippen LogP contribution in [0.3, 0.4) is 0 Å². The average Bonchev–Trinajstić information content (AvgIpc) is 2.82. The molecule has 2 atom stereocenters. The van der Waals surface area contributed by atoms with E-state index in [1.807, 2.05) is 0 Å². The molecule has 1 spiro atoms. The number of rotatable bonds is 1. The molecule has 112 valence electrons. The van der Waals surface area contributed by atoms with Crippen LogP contribution in [-0.2, 0) is 4.74 Å². The number of nitrogens with two attached hydrogens (primary N) is 1. The molecule has 0 bridgehead atoms. The highest BCUT2D eigenvalue weighted by atomic mass is 32.1. The maximum atomic E-state index is 10.3. The van der Waals surface area contributed by atoms with E-state index >= 15 is 0 Å². The molecule has 2 fully saturated rings. The first-order valence-corrected chi connectivity index (χ1v) is 7.60. The van der Waals surface area contributed by atoms with Crippen molar-refractivity contribution in [2.24, 2.45) is 0 Å². The third-order valence-electron chi connectivity index (χ3n) is 4.32. The van der Waals surface area contributed by atoms with Gasteiger partial charge in [0.1, 0.15) is 6.10 Å². The number of hydrogen-bond acceptors (Lipinski definition) is 8. The number of piperidine rings is 1. The van der Waals surface area contributed by atoms with Crippen molar-refractivity contribution >= 4 is 21.6 Å². The Balaban J connectivity index is 1.66. The Bertz CT molecular complexity index is 485. The highest BCUT2D eigenvalue weighted by Gasteiger charge is 2.48. The fourth-order valence-electron chi connectivity index (χ4n) is 3.04. The number of hydrogen-bond donors (Lipinski definition) is 3. The van der Waals surface area contributed by atoms with E-state index in [1.165, 1.54) is 11.3 Å². The number of aromatic nitrogens is 2. The maximum absolute atomic E-state index is 10.3.